The van der Waals surface area contributed by atoms with Gasteiger partial charge in [-0.05, 0) is 37.6 Å². The highest BCUT2D eigenvalue weighted by Crippen LogP contribution is 2.17. The number of rotatable bonds is 7. The summed E-state index contributed by atoms with van der Waals surface area (Å²) in [6, 6.07) is 6.27. The van der Waals surface area contributed by atoms with Crippen LogP contribution in [0, 0.1) is 0 Å². The lowest BCUT2D eigenvalue weighted by Gasteiger charge is -2.10. The van der Waals surface area contributed by atoms with E-state index in [9.17, 15) is 14.4 Å². The molecule has 1 fully saturated rings. The number of nitrogens with zero attached hydrogens (tertiary/aromatic N) is 3. The van der Waals surface area contributed by atoms with Crippen LogP contribution in [-0.4, -0.2) is 52.0 Å². The number of nitrogens with one attached hydrogen (secondary N) is 2. The Morgan fingerprint density at radius 3 is 2.57 bits per heavy atom. The van der Waals surface area contributed by atoms with Gasteiger partial charge in [0.25, 0.3) is 11.8 Å². The lowest BCUT2D eigenvalue weighted by atomic mass is 10.1. The predicted molar refractivity (Wildman–Crippen MR) is 100 cm³/mol. The number of ether oxygens (including phenoxy) is 1. The summed E-state index contributed by atoms with van der Waals surface area (Å²) >= 11 is 0. The minimum Gasteiger partial charge on any atom is -0.464 e. The molecule has 0 spiro atoms. The molecule has 28 heavy (non-hydrogen) atoms. The maximum atomic E-state index is 12.6. The van der Waals surface area contributed by atoms with Crippen molar-refractivity contribution in [2.45, 2.75) is 39.2 Å². The van der Waals surface area contributed by atoms with Gasteiger partial charge in [0.1, 0.15) is 6.04 Å². The molecule has 2 heterocycles. The van der Waals surface area contributed by atoms with Crippen LogP contribution in [0.2, 0.25) is 0 Å². The van der Waals surface area contributed by atoms with Gasteiger partial charge >= 0.3 is 5.97 Å². The molecular formula is C19H23N5O4. The second-order valence-corrected chi connectivity index (χ2v) is 6.44. The summed E-state index contributed by atoms with van der Waals surface area (Å²) < 4.78 is 6.46. The lowest BCUT2D eigenvalue weighted by molar-refractivity contribution is -0.139. The monoisotopic (exact) mass is 385 g/mol. The Balaban J connectivity index is 1.85. The topological polar surface area (TPSA) is 115 Å². The summed E-state index contributed by atoms with van der Waals surface area (Å²) in [5.74, 6) is -1.03. The molecule has 0 saturated carbocycles. The summed E-state index contributed by atoms with van der Waals surface area (Å²) in [6.07, 6.45) is 1.82. The number of cyclic esters (lactones) is 1. The highest BCUT2D eigenvalue weighted by atomic mass is 16.5. The van der Waals surface area contributed by atoms with Gasteiger partial charge < -0.3 is 15.4 Å². The molecule has 1 unspecified atom stereocenters. The summed E-state index contributed by atoms with van der Waals surface area (Å²) in [5, 5.41) is 13.6. The predicted octanol–water partition coefficient (Wildman–Crippen LogP) is 1.01. The molecule has 0 radical (unpaired) electrons. The van der Waals surface area contributed by atoms with Gasteiger partial charge in [0.15, 0.2) is 5.69 Å². The van der Waals surface area contributed by atoms with E-state index < -0.39 is 17.9 Å². The van der Waals surface area contributed by atoms with Crippen molar-refractivity contribution < 1.29 is 19.1 Å². The summed E-state index contributed by atoms with van der Waals surface area (Å²) in [7, 11) is 0. The highest BCUT2D eigenvalue weighted by molar-refractivity contribution is 5.96. The van der Waals surface area contributed by atoms with Crippen molar-refractivity contribution in [2.24, 2.45) is 0 Å². The van der Waals surface area contributed by atoms with E-state index in [1.54, 1.807) is 28.9 Å². The second kappa shape index (κ2) is 8.64. The van der Waals surface area contributed by atoms with Gasteiger partial charge in [0, 0.05) is 18.5 Å². The molecule has 1 atom stereocenters. The Kier molecular flexibility index (Phi) is 6.03. The maximum absolute atomic E-state index is 12.6. The van der Waals surface area contributed by atoms with Crippen molar-refractivity contribution in [3.05, 3.63) is 41.2 Å². The van der Waals surface area contributed by atoms with E-state index in [4.69, 9.17) is 4.74 Å². The van der Waals surface area contributed by atoms with Crippen molar-refractivity contribution in [2.75, 3.05) is 13.2 Å². The Hall–Kier alpha value is -3.23. The molecule has 0 bridgehead atoms. The highest BCUT2D eigenvalue weighted by Gasteiger charge is 2.30. The van der Waals surface area contributed by atoms with Crippen LogP contribution < -0.4 is 10.6 Å². The van der Waals surface area contributed by atoms with E-state index in [0.717, 1.165) is 6.42 Å². The maximum Gasteiger partial charge on any atom is 0.328 e. The number of carbonyl (C=O) groups is 3. The fourth-order valence-electron chi connectivity index (χ4n) is 3.02. The Bertz CT molecular complexity index is 875. The SMILES string of the molecule is CCCc1c(C(=O)NC2CCOC2=O)nnn1-c1ccc(C(=O)NCC)cc1. The molecule has 3 rings (SSSR count). The minimum atomic E-state index is -0.650. The largest absolute Gasteiger partial charge is 0.464 e. The van der Waals surface area contributed by atoms with Crippen LogP contribution in [0.1, 0.15) is 53.2 Å². The van der Waals surface area contributed by atoms with Gasteiger partial charge in [0.05, 0.1) is 18.0 Å². The van der Waals surface area contributed by atoms with Crippen LogP contribution >= 0.6 is 0 Å². The average molecular weight is 385 g/mol. The lowest BCUT2D eigenvalue weighted by Crippen LogP contribution is -2.38. The van der Waals surface area contributed by atoms with E-state index in [1.165, 1.54) is 0 Å². The van der Waals surface area contributed by atoms with Crippen molar-refractivity contribution >= 4 is 17.8 Å². The van der Waals surface area contributed by atoms with Crippen LogP contribution in [0.4, 0.5) is 0 Å². The quantitative estimate of drug-likeness (QED) is 0.688. The van der Waals surface area contributed by atoms with Gasteiger partial charge in [-0.3, -0.25) is 9.59 Å². The number of carbonyl (C=O) groups excluding carboxylic acids is 3. The molecule has 1 saturated heterocycles. The first-order valence-corrected chi connectivity index (χ1v) is 9.35. The standard InChI is InChI=1S/C19H23N5O4/c1-3-5-15-16(18(26)21-14-10-11-28-19(14)27)22-23-24(15)13-8-6-12(7-9-13)17(25)20-4-2/h6-9,14H,3-5,10-11H2,1-2H3,(H,20,25)(H,21,26). The van der Waals surface area contributed by atoms with Crippen LogP contribution in [0.5, 0.6) is 0 Å². The van der Waals surface area contributed by atoms with E-state index in [0.29, 0.717) is 42.9 Å². The average Bonchev–Trinajstić information content (AvgIpc) is 3.29. The Morgan fingerprint density at radius 2 is 1.96 bits per heavy atom. The summed E-state index contributed by atoms with van der Waals surface area (Å²) in [6.45, 7) is 4.70. The van der Waals surface area contributed by atoms with Crippen LogP contribution in [0.3, 0.4) is 0 Å². The van der Waals surface area contributed by atoms with Gasteiger partial charge in [-0.1, -0.05) is 18.6 Å². The fourth-order valence-corrected chi connectivity index (χ4v) is 3.02. The third kappa shape index (κ3) is 4.03. The van der Waals surface area contributed by atoms with E-state index in [-0.39, 0.29) is 11.6 Å². The minimum absolute atomic E-state index is 0.148. The third-order valence-corrected chi connectivity index (χ3v) is 4.42. The molecule has 9 nitrogen and oxygen atoms in total. The van der Waals surface area contributed by atoms with Gasteiger partial charge in [-0.2, -0.15) is 0 Å². The number of aromatic nitrogens is 3. The van der Waals surface area contributed by atoms with Gasteiger partial charge in [-0.15, -0.1) is 5.10 Å². The van der Waals surface area contributed by atoms with Crippen LogP contribution in [-0.2, 0) is 16.0 Å². The van der Waals surface area contributed by atoms with Gasteiger partial charge in [0.2, 0.25) is 0 Å². The molecule has 1 aromatic carbocycles. The van der Waals surface area contributed by atoms with Crippen LogP contribution in [0.15, 0.2) is 24.3 Å². The van der Waals surface area contributed by atoms with Crippen molar-refractivity contribution in [1.82, 2.24) is 25.6 Å². The van der Waals surface area contributed by atoms with Gasteiger partial charge in [-0.25, -0.2) is 9.48 Å². The zero-order chi connectivity index (χ0) is 20.1. The normalized spacial score (nSPS) is 15.9. The molecule has 1 aliphatic heterocycles. The molecule has 1 aliphatic rings. The van der Waals surface area contributed by atoms with E-state index >= 15 is 0 Å². The number of benzene rings is 1. The van der Waals surface area contributed by atoms with Crippen molar-refractivity contribution in [3.8, 4) is 5.69 Å². The molecule has 2 N–H and O–H groups in total. The zero-order valence-corrected chi connectivity index (χ0v) is 15.9. The molecule has 2 amide bonds. The molecular weight excluding hydrogens is 362 g/mol. The summed E-state index contributed by atoms with van der Waals surface area (Å²) in [5.41, 5.74) is 2.08. The van der Waals surface area contributed by atoms with E-state index in [2.05, 4.69) is 20.9 Å². The Labute approximate surface area is 162 Å². The number of hydrogen-bond donors (Lipinski definition) is 2. The zero-order valence-electron chi connectivity index (χ0n) is 15.9. The first-order chi connectivity index (χ1) is 13.5. The number of esters is 1. The molecule has 148 valence electrons. The van der Waals surface area contributed by atoms with E-state index in [1.807, 2.05) is 13.8 Å². The second-order valence-electron chi connectivity index (χ2n) is 6.44. The Morgan fingerprint density at radius 1 is 1.21 bits per heavy atom. The molecule has 9 heteroatoms. The fraction of sp³-hybridized carbons (Fsp3) is 0.421. The third-order valence-electron chi connectivity index (χ3n) is 4.42. The summed E-state index contributed by atoms with van der Waals surface area (Å²) in [4.78, 5) is 36.1. The smallest absolute Gasteiger partial charge is 0.328 e. The number of hydrogen-bond acceptors (Lipinski definition) is 6. The molecule has 2 aromatic rings. The number of amides is 2. The molecule has 1 aromatic heterocycles. The van der Waals surface area contributed by atoms with Crippen LogP contribution in [0.25, 0.3) is 5.69 Å². The first kappa shape index (κ1) is 19.5. The first-order valence-electron chi connectivity index (χ1n) is 9.35. The molecule has 0 aliphatic carbocycles. The van der Waals surface area contributed by atoms with Crippen molar-refractivity contribution in [3.63, 3.8) is 0 Å². The van der Waals surface area contributed by atoms with Crippen molar-refractivity contribution in [1.29, 1.82) is 0 Å².